The molecule has 0 aliphatic heterocycles. The van der Waals surface area contributed by atoms with Crippen molar-refractivity contribution in [2.75, 3.05) is 6.54 Å². The van der Waals surface area contributed by atoms with E-state index in [-0.39, 0.29) is 5.91 Å². The lowest BCUT2D eigenvalue weighted by molar-refractivity contribution is -0.120. The lowest BCUT2D eigenvalue weighted by Gasteiger charge is -2.02. The zero-order valence-corrected chi connectivity index (χ0v) is 16.4. The van der Waals surface area contributed by atoms with Crippen molar-refractivity contribution in [2.24, 2.45) is 0 Å². The molecule has 0 aliphatic carbocycles. The van der Waals surface area contributed by atoms with E-state index in [2.05, 4.69) is 45.3 Å². The van der Waals surface area contributed by atoms with Gasteiger partial charge in [0.05, 0.1) is 12.1 Å². The number of thiazole rings is 1. The zero-order chi connectivity index (χ0) is 16.5. The molecule has 23 heavy (non-hydrogen) atoms. The van der Waals surface area contributed by atoms with Gasteiger partial charge in [-0.3, -0.25) is 4.79 Å². The van der Waals surface area contributed by atoms with Gasteiger partial charge in [-0.15, -0.1) is 11.3 Å². The molecule has 0 bridgehead atoms. The van der Waals surface area contributed by atoms with Gasteiger partial charge in [-0.05, 0) is 24.1 Å². The summed E-state index contributed by atoms with van der Waals surface area (Å²) in [5.41, 5.74) is 2.13. The smallest absolute Gasteiger partial charge is 0.226 e. The van der Waals surface area contributed by atoms with Crippen molar-refractivity contribution in [2.45, 2.75) is 42.7 Å². The molecule has 0 saturated carbocycles. The van der Waals surface area contributed by atoms with Crippen molar-refractivity contribution in [3.05, 3.63) is 45.4 Å². The molecule has 0 aliphatic rings. The van der Waals surface area contributed by atoms with E-state index in [0.717, 1.165) is 39.6 Å². The highest BCUT2D eigenvalue weighted by Crippen LogP contribution is 2.26. The summed E-state index contributed by atoms with van der Waals surface area (Å²) in [4.78, 5) is 16.4. The summed E-state index contributed by atoms with van der Waals surface area (Å²) in [6.07, 6.45) is 3.75. The standard InChI is InChI=1S/C17H21BrN2OS2/c1-2-3-4-9-19-16(21)10-15-12-23-17(20-15)22-11-13-5-7-14(18)8-6-13/h5-8,12H,2-4,9-11H2,1H3,(H,19,21). The lowest BCUT2D eigenvalue weighted by atomic mass is 10.2. The number of nitrogens with one attached hydrogen (secondary N) is 1. The summed E-state index contributed by atoms with van der Waals surface area (Å²) in [5, 5.41) is 4.93. The quantitative estimate of drug-likeness (QED) is 0.462. The van der Waals surface area contributed by atoms with Crippen molar-refractivity contribution in [3.8, 4) is 0 Å². The van der Waals surface area contributed by atoms with E-state index in [1.165, 1.54) is 12.0 Å². The van der Waals surface area contributed by atoms with Gasteiger partial charge in [-0.1, -0.05) is 59.6 Å². The van der Waals surface area contributed by atoms with Gasteiger partial charge in [0.15, 0.2) is 0 Å². The number of aromatic nitrogens is 1. The number of halogens is 1. The minimum absolute atomic E-state index is 0.0656. The van der Waals surface area contributed by atoms with Gasteiger partial charge in [-0.25, -0.2) is 4.98 Å². The number of rotatable bonds is 9. The third-order valence-electron chi connectivity index (χ3n) is 3.25. The summed E-state index contributed by atoms with van der Waals surface area (Å²) in [6.45, 7) is 2.92. The maximum Gasteiger partial charge on any atom is 0.226 e. The van der Waals surface area contributed by atoms with Crippen LogP contribution < -0.4 is 5.32 Å². The molecule has 1 aromatic carbocycles. The molecule has 6 heteroatoms. The zero-order valence-electron chi connectivity index (χ0n) is 13.2. The Labute approximate surface area is 154 Å². The first-order valence-electron chi connectivity index (χ1n) is 7.75. The molecule has 0 atom stereocenters. The van der Waals surface area contributed by atoms with Crippen molar-refractivity contribution in [1.29, 1.82) is 0 Å². The third kappa shape index (κ3) is 7.06. The summed E-state index contributed by atoms with van der Waals surface area (Å²) in [5.74, 6) is 0.958. The Balaban J connectivity index is 1.74. The Morgan fingerprint density at radius 1 is 1.30 bits per heavy atom. The maximum atomic E-state index is 11.8. The molecule has 1 N–H and O–H groups in total. The van der Waals surface area contributed by atoms with E-state index in [1.54, 1.807) is 23.1 Å². The van der Waals surface area contributed by atoms with E-state index in [1.807, 2.05) is 17.5 Å². The summed E-state index contributed by atoms with van der Waals surface area (Å²) in [6, 6.07) is 8.31. The van der Waals surface area contributed by atoms with Crippen LogP contribution in [0.25, 0.3) is 0 Å². The Hall–Kier alpha value is -0.850. The minimum atomic E-state index is 0.0656. The van der Waals surface area contributed by atoms with Crippen LogP contribution in [-0.2, 0) is 17.0 Å². The normalized spacial score (nSPS) is 10.7. The second-order valence-electron chi connectivity index (χ2n) is 5.25. The van der Waals surface area contributed by atoms with Crippen LogP contribution >= 0.6 is 39.0 Å². The second kappa shape index (κ2) is 10.1. The summed E-state index contributed by atoms with van der Waals surface area (Å²) >= 11 is 6.76. The lowest BCUT2D eigenvalue weighted by Crippen LogP contribution is -2.26. The van der Waals surface area contributed by atoms with E-state index in [0.29, 0.717) is 6.42 Å². The number of amides is 1. The number of hydrogen-bond acceptors (Lipinski definition) is 4. The van der Waals surface area contributed by atoms with Crippen LogP contribution in [0.5, 0.6) is 0 Å². The Morgan fingerprint density at radius 2 is 2.09 bits per heavy atom. The molecule has 3 nitrogen and oxygen atoms in total. The number of unbranched alkanes of at least 4 members (excludes halogenated alkanes) is 2. The van der Waals surface area contributed by atoms with Crippen LogP contribution in [-0.4, -0.2) is 17.4 Å². The topological polar surface area (TPSA) is 42.0 Å². The van der Waals surface area contributed by atoms with E-state index in [9.17, 15) is 4.79 Å². The Kier molecular flexibility index (Phi) is 8.12. The van der Waals surface area contributed by atoms with E-state index < -0.39 is 0 Å². The molecule has 0 unspecified atom stereocenters. The first-order valence-corrected chi connectivity index (χ1v) is 10.4. The third-order valence-corrected chi connectivity index (χ3v) is 5.92. The highest BCUT2D eigenvalue weighted by Gasteiger charge is 2.08. The number of benzene rings is 1. The Morgan fingerprint density at radius 3 is 2.83 bits per heavy atom. The fraction of sp³-hybridized carbons (Fsp3) is 0.412. The molecule has 2 aromatic rings. The molecular formula is C17H21BrN2OS2. The van der Waals surface area contributed by atoms with Crippen LogP contribution in [0.2, 0.25) is 0 Å². The molecule has 0 saturated heterocycles. The number of carbonyl (C=O) groups excluding carboxylic acids is 1. The first-order chi connectivity index (χ1) is 11.2. The first kappa shape index (κ1) is 18.5. The van der Waals surface area contributed by atoms with Crippen LogP contribution in [0.15, 0.2) is 38.5 Å². The largest absolute Gasteiger partial charge is 0.356 e. The number of thioether (sulfide) groups is 1. The predicted octanol–water partition coefficient (Wildman–Crippen LogP) is 5.05. The van der Waals surface area contributed by atoms with Gasteiger partial charge < -0.3 is 5.32 Å². The highest BCUT2D eigenvalue weighted by atomic mass is 79.9. The van der Waals surface area contributed by atoms with Gasteiger partial charge in [-0.2, -0.15) is 0 Å². The Bertz CT molecular complexity index is 613. The van der Waals surface area contributed by atoms with Crippen molar-refractivity contribution in [1.82, 2.24) is 10.3 Å². The molecular weight excluding hydrogens is 392 g/mol. The number of carbonyl (C=O) groups is 1. The molecule has 124 valence electrons. The van der Waals surface area contributed by atoms with E-state index in [4.69, 9.17) is 0 Å². The van der Waals surface area contributed by atoms with Crippen molar-refractivity contribution < 1.29 is 4.79 Å². The van der Waals surface area contributed by atoms with Gasteiger partial charge in [0, 0.05) is 22.2 Å². The number of hydrogen-bond donors (Lipinski definition) is 1. The molecule has 1 aromatic heterocycles. The SMILES string of the molecule is CCCCCNC(=O)Cc1csc(SCc2ccc(Br)cc2)n1. The average Bonchev–Trinajstić information content (AvgIpc) is 2.98. The summed E-state index contributed by atoms with van der Waals surface area (Å²) in [7, 11) is 0. The molecule has 0 fully saturated rings. The fourth-order valence-electron chi connectivity index (χ4n) is 1.99. The van der Waals surface area contributed by atoms with Crippen LogP contribution in [0, 0.1) is 0 Å². The predicted molar refractivity (Wildman–Crippen MR) is 102 cm³/mol. The average molecular weight is 413 g/mol. The summed E-state index contributed by atoms with van der Waals surface area (Å²) < 4.78 is 2.11. The number of nitrogens with zero attached hydrogens (tertiary/aromatic N) is 1. The molecule has 2 rings (SSSR count). The molecule has 0 radical (unpaired) electrons. The van der Waals surface area contributed by atoms with Crippen LogP contribution in [0.4, 0.5) is 0 Å². The van der Waals surface area contributed by atoms with Crippen molar-refractivity contribution >= 4 is 44.9 Å². The second-order valence-corrected chi connectivity index (χ2v) is 8.25. The fourth-order valence-corrected chi connectivity index (χ4v) is 4.06. The van der Waals surface area contributed by atoms with Crippen LogP contribution in [0.1, 0.15) is 37.4 Å². The van der Waals surface area contributed by atoms with E-state index >= 15 is 0 Å². The van der Waals surface area contributed by atoms with Gasteiger partial charge in [0.25, 0.3) is 0 Å². The van der Waals surface area contributed by atoms with Crippen molar-refractivity contribution in [3.63, 3.8) is 0 Å². The monoisotopic (exact) mass is 412 g/mol. The molecule has 1 heterocycles. The maximum absolute atomic E-state index is 11.8. The van der Waals surface area contributed by atoms with Gasteiger partial charge in [0.1, 0.15) is 4.34 Å². The van der Waals surface area contributed by atoms with Crippen LogP contribution in [0.3, 0.4) is 0 Å². The molecule has 0 spiro atoms. The minimum Gasteiger partial charge on any atom is -0.356 e. The van der Waals surface area contributed by atoms with Gasteiger partial charge >= 0.3 is 0 Å². The highest BCUT2D eigenvalue weighted by molar-refractivity contribution is 9.10. The van der Waals surface area contributed by atoms with Gasteiger partial charge in [0.2, 0.25) is 5.91 Å². The molecule has 1 amide bonds.